The summed E-state index contributed by atoms with van der Waals surface area (Å²) in [6.45, 7) is 3.92. The van der Waals surface area contributed by atoms with E-state index >= 15 is 0 Å². The van der Waals surface area contributed by atoms with E-state index in [1.165, 1.54) is 0 Å². The second-order valence-corrected chi connectivity index (χ2v) is 9.41. The van der Waals surface area contributed by atoms with Crippen LogP contribution in [0.3, 0.4) is 0 Å². The Bertz CT molecular complexity index is 1250. The number of hydrogen-bond acceptors (Lipinski definition) is 3. The fourth-order valence-electron chi connectivity index (χ4n) is 3.36. The standard InChI is InChI=1S/C26H22BrIN2O2/c1-16-8-9-24(17(2)10-16)30-26(31)20(15-29)11-18-12-23(28)21(25(13-18)32-3)14-19-6-4-5-7-22(19)27/h4-13H,14H2,1-3H3,(H,30,31)/b20-11+. The van der Waals surface area contributed by atoms with Gasteiger partial charge in [0.15, 0.2) is 0 Å². The van der Waals surface area contributed by atoms with Crippen LogP contribution in [0.4, 0.5) is 5.69 Å². The fourth-order valence-corrected chi connectivity index (χ4v) is 4.60. The summed E-state index contributed by atoms with van der Waals surface area (Å²) in [5, 5.41) is 12.4. The summed E-state index contributed by atoms with van der Waals surface area (Å²) in [7, 11) is 1.63. The molecule has 0 aliphatic rings. The number of benzene rings is 3. The van der Waals surface area contributed by atoms with Crippen LogP contribution in [0.1, 0.15) is 27.8 Å². The van der Waals surface area contributed by atoms with Crippen molar-refractivity contribution in [1.29, 1.82) is 5.26 Å². The fraction of sp³-hybridized carbons (Fsp3) is 0.154. The Labute approximate surface area is 210 Å². The Kier molecular flexibility index (Phi) is 8.10. The van der Waals surface area contributed by atoms with Gasteiger partial charge < -0.3 is 10.1 Å². The van der Waals surface area contributed by atoms with Gasteiger partial charge in [0, 0.05) is 25.7 Å². The van der Waals surface area contributed by atoms with E-state index in [2.05, 4.69) is 49.9 Å². The molecule has 3 aromatic carbocycles. The highest BCUT2D eigenvalue weighted by Gasteiger charge is 2.15. The summed E-state index contributed by atoms with van der Waals surface area (Å²) in [6.07, 6.45) is 2.29. The number of nitrogens with one attached hydrogen (secondary N) is 1. The molecule has 0 bridgehead atoms. The highest BCUT2D eigenvalue weighted by molar-refractivity contribution is 14.1. The van der Waals surface area contributed by atoms with E-state index in [0.29, 0.717) is 17.9 Å². The molecule has 0 unspecified atom stereocenters. The molecular weight excluding hydrogens is 579 g/mol. The Hall–Kier alpha value is -2.63. The number of hydrogen-bond donors (Lipinski definition) is 1. The molecule has 3 aromatic rings. The van der Waals surface area contributed by atoms with Crippen molar-refractivity contribution in [3.8, 4) is 11.8 Å². The molecule has 4 nitrogen and oxygen atoms in total. The number of carbonyl (C=O) groups excluding carboxylic acids is 1. The molecule has 0 fully saturated rings. The Balaban J connectivity index is 1.90. The average molecular weight is 601 g/mol. The van der Waals surface area contributed by atoms with Crippen LogP contribution in [0.2, 0.25) is 0 Å². The van der Waals surface area contributed by atoms with Crippen molar-refractivity contribution in [2.24, 2.45) is 0 Å². The first-order chi connectivity index (χ1) is 15.3. The van der Waals surface area contributed by atoms with Crippen LogP contribution >= 0.6 is 38.5 Å². The minimum absolute atomic E-state index is 0.0291. The largest absolute Gasteiger partial charge is 0.496 e. The lowest BCUT2D eigenvalue weighted by molar-refractivity contribution is -0.112. The molecule has 0 aliphatic carbocycles. The summed E-state index contributed by atoms with van der Waals surface area (Å²) in [5.41, 5.74) is 5.71. The zero-order chi connectivity index (χ0) is 23.3. The van der Waals surface area contributed by atoms with Crippen molar-refractivity contribution < 1.29 is 9.53 Å². The van der Waals surface area contributed by atoms with Gasteiger partial charge >= 0.3 is 0 Å². The number of rotatable bonds is 6. The van der Waals surface area contributed by atoms with Gasteiger partial charge in [-0.2, -0.15) is 5.26 Å². The molecule has 0 saturated carbocycles. The quantitative estimate of drug-likeness (QED) is 0.192. The SMILES string of the molecule is COc1cc(/C=C(\C#N)C(=O)Nc2ccc(C)cc2C)cc(I)c1Cc1ccccc1Br. The monoisotopic (exact) mass is 600 g/mol. The van der Waals surface area contributed by atoms with Crippen LogP contribution in [-0.2, 0) is 11.2 Å². The topological polar surface area (TPSA) is 62.1 Å². The molecule has 0 radical (unpaired) electrons. The second kappa shape index (κ2) is 10.8. The number of methoxy groups -OCH3 is 1. The summed E-state index contributed by atoms with van der Waals surface area (Å²) in [6, 6.07) is 19.7. The molecule has 0 spiro atoms. The minimum Gasteiger partial charge on any atom is -0.496 e. The third-order valence-electron chi connectivity index (χ3n) is 5.03. The van der Waals surface area contributed by atoms with E-state index in [0.717, 1.165) is 35.9 Å². The maximum absolute atomic E-state index is 12.7. The predicted octanol–water partition coefficient (Wildman–Crippen LogP) is 6.82. The van der Waals surface area contributed by atoms with Gasteiger partial charge in [-0.25, -0.2) is 0 Å². The van der Waals surface area contributed by atoms with Crippen molar-refractivity contribution >= 4 is 56.2 Å². The average Bonchev–Trinajstić information content (AvgIpc) is 2.76. The summed E-state index contributed by atoms with van der Waals surface area (Å²) in [5.74, 6) is 0.275. The Morgan fingerprint density at radius 2 is 1.94 bits per heavy atom. The highest BCUT2D eigenvalue weighted by atomic mass is 127. The zero-order valence-corrected chi connectivity index (χ0v) is 21.7. The molecular formula is C26H22BrIN2O2. The summed E-state index contributed by atoms with van der Waals surface area (Å²) < 4.78 is 7.68. The van der Waals surface area contributed by atoms with Gasteiger partial charge in [0.05, 0.1) is 7.11 Å². The maximum atomic E-state index is 12.7. The van der Waals surface area contributed by atoms with Crippen molar-refractivity contribution in [3.63, 3.8) is 0 Å². The molecule has 0 saturated heterocycles. The van der Waals surface area contributed by atoms with E-state index in [-0.39, 0.29) is 5.57 Å². The van der Waals surface area contributed by atoms with Gasteiger partial charge in [0.2, 0.25) is 0 Å². The number of aryl methyl sites for hydroxylation is 2. The lowest BCUT2D eigenvalue weighted by atomic mass is 10.0. The lowest BCUT2D eigenvalue weighted by Gasteiger charge is -2.14. The number of halogens is 2. The van der Waals surface area contributed by atoms with Crippen molar-refractivity contribution in [1.82, 2.24) is 0 Å². The summed E-state index contributed by atoms with van der Waals surface area (Å²) in [4.78, 5) is 12.7. The number of ether oxygens (including phenoxy) is 1. The molecule has 0 aromatic heterocycles. The first-order valence-corrected chi connectivity index (χ1v) is 11.8. The van der Waals surface area contributed by atoms with Crippen LogP contribution in [-0.4, -0.2) is 13.0 Å². The van der Waals surface area contributed by atoms with E-state index in [1.807, 2.05) is 68.4 Å². The molecule has 0 atom stereocenters. The lowest BCUT2D eigenvalue weighted by Crippen LogP contribution is -2.14. The van der Waals surface area contributed by atoms with Crippen LogP contribution in [0.25, 0.3) is 6.08 Å². The molecule has 32 heavy (non-hydrogen) atoms. The number of anilines is 1. The predicted molar refractivity (Wildman–Crippen MR) is 141 cm³/mol. The van der Waals surface area contributed by atoms with Gasteiger partial charge in [-0.05, 0) is 83.5 Å². The molecule has 6 heteroatoms. The van der Waals surface area contributed by atoms with Crippen LogP contribution in [0.15, 0.2) is 64.6 Å². The van der Waals surface area contributed by atoms with Gasteiger partial charge in [-0.3, -0.25) is 4.79 Å². The van der Waals surface area contributed by atoms with E-state index < -0.39 is 5.91 Å². The first kappa shape index (κ1) is 24.0. The Morgan fingerprint density at radius 3 is 2.59 bits per heavy atom. The number of nitrogens with zero attached hydrogens (tertiary/aromatic N) is 1. The highest BCUT2D eigenvalue weighted by Crippen LogP contribution is 2.31. The number of nitriles is 1. The molecule has 0 heterocycles. The molecule has 1 N–H and O–H groups in total. The van der Waals surface area contributed by atoms with Crippen LogP contribution in [0.5, 0.6) is 5.75 Å². The van der Waals surface area contributed by atoms with Crippen LogP contribution in [0, 0.1) is 28.7 Å². The van der Waals surface area contributed by atoms with Gasteiger partial charge in [-0.15, -0.1) is 0 Å². The smallest absolute Gasteiger partial charge is 0.266 e. The first-order valence-electron chi connectivity index (χ1n) is 9.92. The van der Waals surface area contributed by atoms with Crippen molar-refractivity contribution in [2.45, 2.75) is 20.3 Å². The van der Waals surface area contributed by atoms with Crippen LogP contribution < -0.4 is 10.1 Å². The number of amides is 1. The zero-order valence-electron chi connectivity index (χ0n) is 18.0. The van der Waals surface area contributed by atoms with Crippen molar-refractivity contribution in [3.05, 3.63) is 96.0 Å². The summed E-state index contributed by atoms with van der Waals surface area (Å²) >= 11 is 5.87. The normalized spacial score (nSPS) is 11.1. The maximum Gasteiger partial charge on any atom is 0.266 e. The third-order valence-corrected chi connectivity index (χ3v) is 6.76. The second-order valence-electron chi connectivity index (χ2n) is 7.39. The Morgan fingerprint density at radius 1 is 1.19 bits per heavy atom. The van der Waals surface area contributed by atoms with E-state index in [4.69, 9.17) is 4.74 Å². The molecule has 162 valence electrons. The minimum atomic E-state index is -0.439. The van der Waals surface area contributed by atoms with Crippen molar-refractivity contribution in [2.75, 3.05) is 12.4 Å². The third kappa shape index (κ3) is 5.78. The molecule has 3 rings (SSSR count). The molecule has 1 amide bonds. The van der Waals surface area contributed by atoms with Gasteiger partial charge in [0.25, 0.3) is 5.91 Å². The van der Waals surface area contributed by atoms with Gasteiger partial charge in [0.1, 0.15) is 17.4 Å². The molecule has 0 aliphatic heterocycles. The number of carbonyl (C=O) groups is 1. The van der Waals surface area contributed by atoms with E-state index in [9.17, 15) is 10.1 Å². The van der Waals surface area contributed by atoms with E-state index in [1.54, 1.807) is 13.2 Å². The van der Waals surface area contributed by atoms with Gasteiger partial charge in [-0.1, -0.05) is 51.8 Å².